The lowest BCUT2D eigenvalue weighted by Gasteiger charge is -2.11. The summed E-state index contributed by atoms with van der Waals surface area (Å²) in [6, 6.07) is 27.7. The standard InChI is InChI=1S/C34H31N7O2/c1-40-19-15-28(16-20-40)36-26-8-10-27(11-9-26)38-33(42)14-5-24-3-6-25(7-4-24)34(43)39-32-13-12-30(23-31(32)35)37-29-17-21-41(2)22-18-29/h3-23H,1-2H3,(H4,35,38,39,42,43)/p+2. The molecule has 0 aliphatic carbocycles. The van der Waals surface area contributed by atoms with Gasteiger partial charge in [0.2, 0.25) is 5.91 Å². The molecule has 2 amide bonds. The Labute approximate surface area is 250 Å². The highest BCUT2D eigenvalue weighted by Gasteiger charge is 2.09. The van der Waals surface area contributed by atoms with Crippen molar-refractivity contribution in [1.82, 2.24) is 0 Å². The zero-order chi connectivity index (χ0) is 30.2. The summed E-state index contributed by atoms with van der Waals surface area (Å²) in [5, 5.41) is 12.3. The van der Waals surface area contributed by atoms with Gasteiger partial charge in [-0.15, -0.1) is 0 Å². The van der Waals surface area contributed by atoms with Gasteiger partial charge in [0.1, 0.15) is 14.1 Å². The second-order valence-electron chi connectivity index (χ2n) is 10.0. The normalized spacial score (nSPS) is 10.7. The molecule has 0 radical (unpaired) electrons. The molecule has 0 spiro atoms. The third kappa shape index (κ3) is 8.05. The van der Waals surface area contributed by atoms with E-state index in [0.29, 0.717) is 22.6 Å². The highest BCUT2D eigenvalue weighted by atomic mass is 16.2. The second kappa shape index (κ2) is 13.1. The van der Waals surface area contributed by atoms with Crippen LogP contribution in [0.1, 0.15) is 15.9 Å². The molecule has 5 rings (SSSR count). The zero-order valence-corrected chi connectivity index (χ0v) is 23.9. The largest absolute Gasteiger partial charge is 0.397 e. The van der Waals surface area contributed by atoms with Crippen LogP contribution in [0.25, 0.3) is 6.08 Å². The third-order valence-corrected chi connectivity index (χ3v) is 6.59. The lowest BCUT2D eigenvalue weighted by molar-refractivity contribution is -0.671. The Balaban J connectivity index is 1.12. The maximum Gasteiger partial charge on any atom is 0.255 e. The molecule has 0 atom stereocenters. The minimum Gasteiger partial charge on any atom is -0.397 e. The molecular formula is C34H33N7O2+2. The van der Waals surface area contributed by atoms with Gasteiger partial charge in [-0.25, -0.2) is 9.13 Å². The molecule has 0 aliphatic heterocycles. The van der Waals surface area contributed by atoms with E-state index in [2.05, 4.69) is 21.3 Å². The number of amides is 2. The van der Waals surface area contributed by atoms with Crippen LogP contribution >= 0.6 is 0 Å². The van der Waals surface area contributed by atoms with Crippen LogP contribution in [0.5, 0.6) is 0 Å². The number of nitrogen functional groups attached to an aromatic ring is 1. The van der Waals surface area contributed by atoms with Gasteiger partial charge in [-0.05, 0) is 66.2 Å². The molecule has 2 heterocycles. The average molecular weight is 572 g/mol. The molecule has 0 aliphatic rings. The quantitative estimate of drug-likeness (QED) is 0.0935. The van der Waals surface area contributed by atoms with Gasteiger partial charge in [-0.3, -0.25) is 9.59 Å². The summed E-state index contributed by atoms with van der Waals surface area (Å²) in [4.78, 5) is 25.3. The molecule has 5 aromatic rings. The van der Waals surface area contributed by atoms with E-state index in [0.717, 1.165) is 28.3 Å². The fraction of sp³-hybridized carbons (Fsp3) is 0.0588. The van der Waals surface area contributed by atoms with Crippen molar-refractivity contribution in [3.63, 3.8) is 0 Å². The van der Waals surface area contributed by atoms with Crippen LogP contribution in [0.3, 0.4) is 0 Å². The van der Waals surface area contributed by atoms with Crippen molar-refractivity contribution in [3.05, 3.63) is 133 Å². The van der Waals surface area contributed by atoms with E-state index in [1.807, 2.05) is 103 Å². The minimum atomic E-state index is -0.282. The molecule has 0 fully saturated rings. The Morgan fingerprint density at radius 1 is 0.628 bits per heavy atom. The predicted molar refractivity (Wildman–Crippen MR) is 171 cm³/mol. The van der Waals surface area contributed by atoms with E-state index in [-0.39, 0.29) is 11.8 Å². The number of nitrogens with two attached hydrogens (primary N) is 1. The maximum absolute atomic E-state index is 12.8. The number of nitrogens with one attached hydrogen (secondary N) is 4. The van der Waals surface area contributed by atoms with Crippen LogP contribution < -0.4 is 36.1 Å². The number of carbonyl (C=O) groups is 2. The van der Waals surface area contributed by atoms with E-state index in [1.54, 1.807) is 42.5 Å². The van der Waals surface area contributed by atoms with Crippen molar-refractivity contribution >= 4 is 57.7 Å². The molecule has 214 valence electrons. The zero-order valence-electron chi connectivity index (χ0n) is 23.9. The van der Waals surface area contributed by atoms with Crippen molar-refractivity contribution in [2.75, 3.05) is 27.0 Å². The number of anilines is 7. The summed E-state index contributed by atoms with van der Waals surface area (Å²) in [6.07, 6.45) is 11.0. The number of rotatable bonds is 9. The van der Waals surface area contributed by atoms with E-state index >= 15 is 0 Å². The molecule has 0 saturated carbocycles. The Morgan fingerprint density at radius 2 is 1.14 bits per heavy atom. The van der Waals surface area contributed by atoms with Gasteiger partial charge in [0.25, 0.3) is 5.91 Å². The van der Waals surface area contributed by atoms with Crippen LogP contribution in [-0.4, -0.2) is 11.8 Å². The number of carbonyl (C=O) groups excluding carboxylic acids is 2. The second-order valence-corrected chi connectivity index (χ2v) is 10.0. The Hall–Kier alpha value is -5.96. The topological polar surface area (TPSA) is 116 Å². The van der Waals surface area contributed by atoms with Crippen molar-refractivity contribution < 1.29 is 18.7 Å². The molecule has 0 bridgehead atoms. The molecule has 0 unspecified atom stereocenters. The first-order valence-electron chi connectivity index (χ1n) is 13.7. The molecule has 2 aromatic heterocycles. The van der Waals surface area contributed by atoms with Crippen molar-refractivity contribution in [3.8, 4) is 0 Å². The summed E-state index contributed by atoms with van der Waals surface area (Å²) in [6.45, 7) is 0. The number of hydrogen-bond donors (Lipinski definition) is 5. The van der Waals surface area contributed by atoms with E-state index in [1.165, 1.54) is 6.08 Å². The molecule has 0 saturated heterocycles. The van der Waals surface area contributed by atoms with Crippen LogP contribution in [-0.2, 0) is 18.9 Å². The minimum absolute atomic E-state index is 0.257. The van der Waals surface area contributed by atoms with Gasteiger partial charge in [0.15, 0.2) is 24.8 Å². The van der Waals surface area contributed by atoms with E-state index in [4.69, 9.17) is 5.73 Å². The molecule has 9 nitrogen and oxygen atoms in total. The molecule has 3 aromatic carbocycles. The Kier molecular flexibility index (Phi) is 8.73. The summed E-state index contributed by atoms with van der Waals surface area (Å²) >= 11 is 0. The van der Waals surface area contributed by atoms with E-state index in [9.17, 15) is 9.59 Å². The first-order chi connectivity index (χ1) is 20.8. The highest BCUT2D eigenvalue weighted by Crippen LogP contribution is 2.26. The molecule has 43 heavy (non-hydrogen) atoms. The van der Waals surface area contributed by atoms with Gasteiger partial charge in [-0.2, -0.15) is 0 Å². The number of aromatic nitrogens is 2. The van der Waals surface area contributed by atoms with Crippen LogP contribution in [0.15, 0.2) is 122 Å². The van der Waals surface area contributed by atoms with Crippen LogP contribution in [0.4, 0.5) is 39.8 Å². The SMILES string of the molecule is C[n+]1ccc(Nc2ccc(NC(=O)/C=C\c3ccc(C(=O)Nc4ccc(Nc5cc[n+](C)cc5)cc4N)cc3)cc2)cc1. The summed E-state index contributed by atoms with van der Waals surface area (Å²) < 4.78 is 3.91. The van der Waals surface area contributed by atoms with Crippen LogP contribution in [0.2, 0.25) is 0 Å². The number of hydrogen-bond acceptors (Lipinski definition) is 5. The lowest BCUT2D eigenvalue weighted by Crippen LogP contribution is -2.25. The van der Waals surface area contributed by atoms with Crippen molar-refractivity contribution in [1.29, 1.82) is 0 Å². The summed E-state index contributed by atoms with van der Waals surface area (Å²) in [5.41, 5.74) is 12.8. The maximum atomic E-state index is 12.8. The lowest BCUT2D eigenvalue weighted by atomic mass is 10.1. The first kappa shape index (κ1) is 28.6. The van der Waals surface area contributed by atoms with Gasteiger partial charge >= 0.3 is 0 Å². The third-order valence-electron chi connectivity index (χ3n) is 6.59. The number of aryl methyl sites for hydroxylation is 2. The van der Waals surface area contributed by atoms with Crippen molar-refractivity contribution in [2.45, 2.75) is 0 Å². The fourth-order valence-electron chi connectivity index (χ4n) is 4.19. The number of pyridine rings is 2. The first-order valence-corrected chi connectivity index (χ1v) is 13.7. The average Bonchev–Trinajstić information content (AvgIpc) is 3.01. The number of nitrogens with zero attached hydrogens (tertiary/aromatic N) is 2. The molecule has 6 N–H and O–H groups in total. The Bertz CT molecular complexity index is 1750. The van der Waals surface area contributed by atoms with Crippen LogP contribution in [0, 0.1) is 0 Å². The van der Waals surface area contributed by atoms with Gasteiger partial charge in [-0.1, -0.05) is 12.1 Å². The predicted octanol–water partition coefficient (Wildman–Crippen LogP) is 5.31. The monoisotopic (exact) mass is 571 g/mol. The summed E-state index contributed by atoms with van der Waals surface area (Å²) in [5.74, 6) is -0.539. The molecule has 9 heteroatoms. The van der Waals surface area contributed by atoms with E-state index < -0.39 is 0 Å². The van der Waals surface area contributed by atoms with Crippen molar-refractivity contribution in [2.24, 2.45) is 14.1 Å². The highest BCUT2D eigenvalue weighted by molar-refractivity contribution is 6.06. The Morgan fingerprint density at radius 3 is 1.72 bits per heavy atom. The van der Waals surface area contributed by atoms with Gasteiger partial charge in [0.05, 0.1) is 22.7 Å². The van der Waals surface area contributed by atoms with Gasteiger partial charge < -0.3 is 27.0 Å². The van der Waals surface area contributed by atoms with Gasteiger partial charge in [0, 0.05) is 53.0 Å². The smallest absolute Gasteiger partial charge is 0.255 e. The molecular weight excluding hydrogens is 538 g/mol. The fourth-order valence-corrected chi connectivity index (χ4v) is 4.19. The number of benzene rings is 3. The summed E-state index contributed by atoms with van der Waals surface area (Å²) in [7, 11) is 3.92.